The highest BCUT2D eigenvalue weighted by molar-refractivity contribution is 6.02. The van der Waals surface area contributed by atoms with Gasteiger partial charge in [-0.2, -0.15) is 10.4 Å². The largest absolute Gasteiger partial charge is 0.326 e. The number of aryl methyl sites for hydroxylation is 1. The summed E-state index contributed by atoms with van der Waals surface area (Å²) in [5, 5.41) is 18.6. The lowest BCUT2D eigenvalue weighted by Gasteiger charge is -2.10. The van der Waals surface area contributed by atoms with Crippen LogP contribution in [0.3, 0.4) is 0 Å². The number of amides is 2. The van der Waals surface area contributed by atoms with Crippen LogP contribution in [0.25, 0.3) is 0 Å². The summed E-state index contributed by atoms with van der Waals surface area (Å²) in [5.74, 6) is -0.254. The van der Waals surface area contributed by atoms with E-state index in [0.29, 0.717) is 22.8 Å². The van der Waals surface area contributed by atoms with Crippen molar-refractivity contribution in [3.05, 3.63) is 41.6 Å². The van der Waals surface area contributed by atoms with Crippen LogP contribution in [0.4, 0.5) is 11.5 Å². The van der Waals surface area contributed by atoms with Gasteiger partial charge in [0.2, 0.25) is 5.91 Å². The van der Waals surface area contributed by atoms with Crippen molar-refractivity contribution in [2.45, 2.75) is 19.4 Å². The lowest BCUT2D eigenvalue weighted by Crippen LogP contribution is -2.23. The Labute approximate surface area is 126 Å². The van der Waals surface area contributed by atoms with Crippen molar-refractivity contribution in [2.24, 2.45) is 0 Å². The van der Waals surface area contributed by atoms with Crippen molar-refractivity contribution >= 4 is 23.3 Å². The first-order valence-electron chi connectivity index (χ1n) is 6.75. The highest BCUT2D eigenvalue weighted by Gasteiger charge is 2.36. The molecule has 1 aliphatic rings. The Balaban J connectivity index is 1.78. The molecule has 0 saturated carbocycles. The van der Waals surface area contributed by atoms with Gasteiger partial charge >= 0.3 is 0 Å². The number of fused-ring (bicyclic) bond motifs is 1. The minimum absolute atomic E-state index is 0.0419. The molecule has 0 unspecified atom stereocenters. The highest BCUT2D eigenvalue weighted by Crippen LogP contribution is 2.31. The van der Waals surface area contributed by atoms with Gasteiger partial charge in [-0.1, -0.05) is 18.2 Å². The van der Waals surface area contributed by atoms with E-state index in [2.05, 4.69) is 15.7 Å². The van der Waals surface area contributed by atoms with Gasteiger partial charge in [-0.15, -0.1) is 0 Å². The monoisotopic (exact) mass is 295 g/mol. The molecule has 110 valence electrons. The molecule has 1 atom stereocenters. The van der Waals surface area contributed by atoms with E-state index in [4.69, 9.17) is 5.26 Å². The van der Waals surface area contributed by atoms with Gasteiger partial charge in [-0.05, 0) is 19.1 Å². The second-order valence-corrected chi connectivity index (χ2v) is 4.99. The van der Waals surface area contributed by atoms with Crippen LogP contribution < -0.4 is 10.6 Å². The van der Waals surface area contributed by atoms with Crippen LogP contribution in [0.2, 0.25) is 0 Å². The number of carbonyl (C=O) groups excluding carboxylic acids is 2. The number of benzene rings is 1. The van der Waals surface area contributed by atoms with Gasteiger partial charge < -0.3 is 10.6 Å². The number of para-hydroxylation sites is 1. The number of aromatic nitrogens is 2. The third kappa shape index (κ3) is 2.31. The number of hydrogen-bond acceptors (Lipinski definition) is 4. The summed E-state index contributed by atoms with van der Waals surface area (Å²) in [6.07, 6.45) is -0.0419. The van der Waals surface area contributed by atoms with E-state index < -0.39 is 6.04 Å². The summed E-state index contributed by atoms with van der Waals surface area (Å²) in [7, 11) is 0. The summed E-state index contributed by atoms with van der Waals surface area (Å²) in [6.45, 7) is 1.69. The highest BCUT2D eigenvalue weighted by atomic mass is 16.2. The molecule has 2 amide bonds. The minimum atomic E-state index is -0.737. The second kappa shape index (κ2) is 5.33. The molecule has 1 aromatic carbocycles. The number of hydrogen-bond donors (Lipinski definition) is 2. The van der Waals surface area contributed by atoms with Gasteiger partial charge in [0, 0.05) is 5.69 Å². The topological polar surface area (TPSA) is 99.8 Å². The first-order valence-corrected chi connectivity index (χ1v) is 6.75. The predicted molar refractivity (Wildman–Crippen MR) is 79.0 cm³/mol. The Morgan fingerprint density at radius 2 is 2.18 bits per heavy atom. The number of carbonyl (C=O) groups is 2. The fourth-order valence-corrected chi connectivity index (χ4v) is 2.43. The molecule has 2 N–H and O–H groups in total. The fourth-order valence-electron chi connectivity index (χ4n) is 2.43. The van der Waals surface area contributed by atoms with E-state index >= 15 is 0 Å². The van der Waals surface area contributed by atoms with Crippen LogP contribution in [-0.4, -0.2) is 21.6 Å². The molecule has 2 heterocycles. The van der Waals surface area contributed by atoms with E-state index in [1.807, 2.05) is 24.3 Å². The summed E-state index contributed by atoms with van der Waals surface area (Å²) in [6, 6.07) is 10.3. The van der Waals surface area contributed by atoms with E-state index in [-0.39, 0.29) is 18.2 Å². The Hall–Kier alpha value is -3.14. The van der Waals surface area contributed by atoms with E-state index in [0.717, 1.165) is 0 Å². The summed E-state index contributed by atoms with van der Waals surface area (Å²) < 4.78 is 1.42. The Morgan fingerprint density at radius 3 is 2.86 bits per heavy atom. The van der Waals surface area contributed by atoms with Crippen LogP contribution in [0.15, 0.2) is 30.3 Å². The Morgan fingerprint density at radius 1 is 1.45 bits per heavy atom. The Bertz CT molecular complexity index is 788. The van der Waals surface area contributed by atoms with Crippen LogP contribution in [0.5, 0.6) is 0 Å². The summed E-state index contributed by atoms with van der Waals surface area (Å²) in [4.78, 5) is 24.1. The molecule has 0 saturated heterocycles. The molecule has 0 bridgehead atoms. The van der Waals surface area contributed by atoms with Crippen molar-refractivity contribution in [3.63, 3.8) is 0 Å². The normalized spacial score (nSPS) is 15.8. The summed E-state index contributed by atoms with van der Waals surface area (Å²) in [5.41, 5.74) is 1.53. The van der Waals surface area contributed by atoms with Crippen molar-refractivity contribution in [1.29, 1.82) is 5.26 Å². The SMILES string of the molecule is Cc1nn2c(c1C#N)NC(=O)[C@H]2CC(=O)Nc1ccccc1. The van der Waals surface area contributed by atoms with Crippen molar-refractivity contribution in [2.75, 3.05) is 10.6 Å². The van der Waals surface area contributed by atoms with Gasteiger partial charge in [0.1, 0.15) is 23.5 Å². The third-order valence-corrected chi connectivity index (χ3v) is 3.47. The quantitative estimate of drug-likeness (QED) is 0.898. The maximum Gasteiger partial charge on any atom is 0.251 e. The molecule has 7 heteroatoms. The van der Waals surface area contributed by atoms with Crippen molar-refractivity contribution in [3.8, 4) is 6.07 Å². The zero-order valence-electron chi connectivity index (χ0n) is 11.8. The molecule has 2 aromatic rings. The predicted octanol–water partition coefficient (Wildman–Crippen LogP) is 1.59. The van der Waals surface area contributed by atoms with Gasteiger partial charge in [0.15, 0.2) is 0 Å². The first kappa shape index (κ1) is 13.8. The molecular formula is C15H13N5O2. The fraction of sp³-hybridized carbons (Fsp3) is 0.200. The van der Waals surface area contributed by atoms with E-state index in [1.54, 1.807) is 19.1 Å². The molecular weight excluding hydrogens is 282 g/mol. The maximum absolute atomic E-state index is 12.1. The zero-order valence-corrected chi connectivity index (χ0v) is 11.8. The van der Waals surface area contributed by atoms with Gasteiger partial charge in [0.25, 0.3) is 5.91 Å². The van der Waals surface area contributed by atoms with E-state index in [9.17, 15) is 9.59 Å². The molecule has 22 heavy (non-hydrogen) atoms. The van der Waals surface area contributed by atoms with Crippen LogP contribution >= 0.6 is 0 Å². The molecule has 0 fully saturated rings. The average molecular weight is 295 g/mol. The number of nitrogens with one attached hydrogen (secondary N) is 2. The number of nitriles is 1. The zero-order chi connectivity index (χ0) is 15.7. The van der Waals surface area contributed by atoms with Crippen molar-refractivity contribution in [1.82, 2.24) is 9.78 Å². The molecule has 0 spiro atoms. The van der Waals surface area contributed by atoms with Gasteiger partial charge in [-0.25, -0.2) is 4.68 Å². The van der Waals surface area contributed by atoms with Crippen LogP contribution in [0, 0.1) is 18.3 Å². The Kier molecular flexibility index (Phi) is 3.35. The van der Waals surface area contributed by atoms with Crippen LogP contribution in [0.1, 0.15) is 23.7 Å². The van der Waals surface area contributed by atoms with Gasteiger partial charge in [-0.3, -0.25) is 9.59 Å². The number of rotatable bonds is 3. The molecule has 0 radical (unpaired) electrons. The smallest absolute Gasteiger partial charge is 0.251 e. The standard InChI is InChI=1S/C15H13N5O2/c1-9-11(8-16)14-18-15(22)12(20(14)19-9)7-13(21)17-10-5-3-2-4-6-10/h2-6,12H,7H2,1H3,(H,17,21)(H,18,22)/t12-/m1/s1. The molecule has 3 rings (SSSR count). The first-order chi connectivity index (χ1) is 10.6. The van der Waals surface area contributed by atoms with Crippen LogP contribution in [-0.2, 0) is 9.59 Å². The molecule has 7 nitrogen and oxygen atoms in total. The lowest BCUT2D eigenvalue weighted by atomic mass is 10.2. The second-order valence-electron chi connectivity index (χ2n) is 4.99. The molecule has 1 aliphatic heterocycles. The third-order valence-electron chi connectivity index (χ3n) is 3.47. The lowest BCUT2D eigenvalue weighted by molar-refractivity contribution is -0.123. The number of nitrogens with zero attached hydrogens (tertiary/aromatic N) is 3. The minimum Gasteiger partial charge on any atom is -0.326 e. The van der Waals surface area contributed by atoms with E-state index in [1.165, 1.54) is 4.68 Å². The van der Waals surface area contributed by atoms with Gasteiger partial charge in [0.05, 0.1) is 12.1 Å². The molecule has 1 aromatic heterocycles. The average Bonchev–Trinajstić information content (AvgIpc) is 2.95. The summed E-state index contributed by atoms with van der Waals surface area (Å²) >= 11 is 0. The maximum atomic E-state index is 12.1. The van der Waals surface area contributed by atoms with Crippen molar-refractivity contribution < 1.29 is 9.59 Å². The number of anilines is 2. The molecule has 0 aliphatic carbocycles.